The van der Waals surface area contributed by atoms with E-state index in [1.165, 1.54) is 0 Å². The van der Waals surface area contributed by atoms with Crippen molar-refractivity contribution >= 4 is 11.5 Å². The number of benzene rings is 1. The van der Waals surface area contributed by atoms with Crippen LogP contribution in [0.4, 0.5) is 5.82 Å². The Morgan fingerprint density at radius 2 is 1.91 bits per heavy atom. The molecule has 2 aromatic heterocycles. The van der Waals surface area contributed by atoms with Crippen LogP contribution < -0.4 is 5.32 Å². The first-order valence-electron chi connectivity index (χ1n) is 7.65. The average Bonchev–Trinajstić information content (AvgIpc) is 3.05. The van der Waals surface area contributed by atoms with Crippen molar-refractivity contribution in [2.45, 2.75) is 18.9 Å². The second kappa shape index (κ2) is 5.77. The maximum Gasteiger partial charge on any atom is 0.157 e. The molecule has 1 aliphatic rings. The zero-order chi connectivity index (χ0) is 14.8. The number of fused-ring (bicyclic) bond motifs is 1. The Morgan fingerprint density at radius 3 is 2.73 bits per heavy atom. The van der Waals surface area contributed by atoms with Crippen LogP contribution in [0.5, 0.6) is 0 Å². The topological polar surface area (TPSA) is 51.5 Å². The SMILES string of the molecule is c1ccc(-c2cc(NC3CCOCC3)n3nccc3n2)cc1. The highest BCUT2D eigenvalue weighted by Crippen LogP contribution is 2.23. The van der Waals surface area contributed by atoms with E-state index in [0.717, 1.165) is 48.8 Å². The summed E-state index contributed by atoms with van der Waals surface area (Å²) in [6, 6.07) is 14.7. The number of anilines is 1. The van der Waals surface area contributed by atoms with Crippen LogP contribution in [0.25, 0.3) is 16.9 Å². The lowest BCUT2D eigenvalue weighted by Crippen LogP contribution is -2.28. The van der Waals surface area contributed by atoms with Gasteiger partial charge in [0.2, 0.25) is 0 Å². The highest BCUT2D eigenvalue weighted by Gasteiger charge is 2.16. The van der Waals surface area contributed by atoms with Gasteiger partial charge in [0.1, 0.15) is 5.82 Å². The fourth-order valence-corrected chi connectivity index (χ4v) is 2.82. The van der Waals surface area contributed by atoms with Gasteiger partial charge in [-0.15, -0.1) is 0 Å². The predicted molar refractivity (Wildman–Crippen MR) is 85.9 cm³/mol. The summed E-state index contributed by atoms with van der Waals surface area (Å²) in [4.78, 5) is 4.69. The van der Waals surface area contributed by atoms with Gasteiger partial charge in [0, 0.05) is 37.0 Å². The van der Waals surface area contributed by atoms with Gasteiger partial charge in [0.15, 0.2) is 5.65 Å². The summed E-state index contributed by atoms with van der Waals surface area (Å²) < 4.78 is 7.29. The highest BCUT2D eigenvalue weighted by molar-refractivity contribution is 5.66. The van der Waals surface area contributed by atoms with Gasteiger partial charge >= 0.3 is 0 Å². The zero-order valence-electron chi connectivity index (χ0n) is 12.3. The average molecular weight is 294 g/mol. The van der Waals surface area contributed by atoms with Gasteiger partial charge < -0.3 is 10.1 Å². The van der Waals surface area contributed by atoms with Crippen LogP contribution in [-0.4, -0.2) is 33.9 Å². The molecule has 1 aromatic carbocycles. The summed E-state index contributed by atoms with van der Waals surface area (Å²) in [6.07, 6.45) is 3.82. The minimum atomic E-state index is 0.423. The summed E-state index contributed by atoms with van der Waals surface area (Å²) in [5, 5.41) is 7.98. The molecule has 22 heavy (non-hydrogen) atoms. The Kier molecular flexibility index (Phi) is 3.48. The molecule has 0 saturated carbocycles. The van der Waals surface area contributed by atoms with E-state index < -0.39 is 0 Å². The molecule has 5 heteroatoms. The van der Waals surface area contributed by atoms with Crippen LogP contribution in [0.15, 0.2) is 48.7 Å². The Morgan fingerprint density at radius 1 is 1.09 bits per heavy atom. The minimum absolute atomic E-state index is 0.423. The molecule has 5 nitrogen and oxygen atoms in total. The number of nitrogens with zero attached hydrogens (tertiary/aromatic N) is 3. The van der Waals surface area contributed by atoms with Gasteiger partial charge in [-0.05, 0) is 12.8 Å². The van der Waals surface area contributed by atoms with Gasteiger partial charge in [0.05, 0.1) is 11.9 Å². The van der Waals surface area contributed by atoms with E-state index >= 15 is 0 Å². The van der Waals surface area contributed by atoms with E-state index in [4.69, 9.17) is 9.72 Å². The summed E-state index contributed by atoms with van der Waals surface area (Å²) in [5.74, 6) is 0.987. The quantitative estimate of drug-likeness (QED) is 0.807. The first kappa shape index (κ1) is 13.3. The maximum absolute atomic E-state index is 5.43. The van der Waals surface area contributed by atoms with Crippen LogP contribution in [-0.2, 0) is 4.74 Å². The zero-order valence-corrected chi connectivity index (χ0v) is 12.3. The van der Waals surface area contributed by atoms with Crippen molar-refractivity contribution in [1.29, 1.82) is 0 Å². The van der Waals surface area contributed by atoms with E-state index in [2.05, 4.69) is 28.6 Å². The number of ether oxygens (including phenoxy) is 1. The lowest BCUT2D eigenvalue weighted by atomic mass is 10.1. The molecule has 1 fully saturated rings. The molecule has 0 unspecified atom stereocenters. The lowest BCUT2D eigenvalue weighted by Gasteiger charge is -2.24. The fourth-order valence-electron chi connectivity index (χ4n) is 2.82. The molecule has 112 valence electrons. The second-order valence-corrected chi connectivity index (χ2v) is 5.52. The van der Waals surface area contributed by atoms with E-state index in [1.807, 2.05) is 28.8 Å². The minimum Gasteiger partial charge on any atom is -0.381 e. The molecule has 0 bridgehead atoms. The highest BCUT2D eigenvalue weighted by atomic mass is 16.5. The Labute approximate surface area is 128 Å². The van der Waals surface area contributed by atoms with Crippen molar-refractivity contribution in [3.05, 3.63) is 48.7 Å². The van der Waals surface area contributed by atoms with Crippen LogP contribution in [0, 0.1) is 0 Å². The molecule has 0 radical (unpaired) electrons. The molecule has 3 aromatic rings. The number of hydrogen-bond donors (Lipinski definition) is 1. The van der Waals surface area contributed by atoms with Gasteiger partial charge in [-0.1, -0.05) is 30.3 Å². The van der Waals surface area contributed by atoms with Gasteiger partial charge in [-0.3, -0.25) is 0 Å². The van der Waals surface area contributed by atoms with Gasteiger partial charge in [-0.2, -0.15) is 9.61 Å². The first-order chi connectivity index (χ1) is 10.9. The fraction of sp³-hybridized carbons (Fsp3) is 0.294. The largest absolute Gasteiger partial charge is 0.381 e. The van der Waals surface area contributed by atoms with Crippen molar-refractivity contribution in [2.75, 3.05) is 18.5 Å². The van der Waals surface area contributed by atoms with Crippen molar-refractivity contribution in [1.82, 2.24) is 14.6 Å². The van der Waals surface area contributed by atoms with Crippen LogP contribution >= 0.6 is 0 Å². The number of hydrogen-bond acceptors (Lipinski definition) is 4. The molecule has 4 rings (SSSR count). The van der Waals surface area contributed by atoms with Crippen molar-refractivity contribution in [2.24, 2.45) is 0 Å². The molecule has 1 aliphatic heterocycles. The summed E-state index contributed by atoms with van der Waals surface area (Å²) >= 11 is 0. The summed E-state index contributed by atoms with van der Waals surface area (Å²) in [6.45, 7) is 1.63. The number of rotatable bonds is 3. The number of aromatic nitrogens is 3. The monoisotopic (exact) mass is 294 g/mol. The molecule has 3 heterocycles. The summed E-state index contributed by atoms with van der Waals surface area (Å²) in [5.41, 5.74) is 2.93. The third kappa shape index (κ3) is 2.55. The van der Waals surface area contributed by atoms with E-state index in [-0.39, 0.29) is 0 Å². The Hall–Kier alpha value is -2.40. The molecule has 1 saturated heterocycles. The maximum atomic E-state index is 5.43. The van der Waals surface area contributed by atoms with E-state index in [9.17, 15) is 0 Å². The molecule has 0 aliphatic carbocycles. The standard InChI is InChI=1S/C17H18N4O/c1-2-4-13(5-3-1)15-12-17(19-14-7-10-22-11-8-14)21-16(20-15)6-9-18-21/h1-6,9,12,14,19H,7-8,10-11H2. The molecular weight excluding hydrogens is 276 g/mol. The van der Waals surface area contributed by atoms with Gasteiger partial charge in [-0.25, -0.2) is 4.98 Å². The lowest BCUT2D eigenvalue weighted by molar-refractivity contribution is 0.0903. The smallest absolute Gasteiger partial charge is 0.157 e. The molecule has 1 N–H and O–H groups in total. The third-order valence-corrected chi connectivity index (χ3v) is 4.00. The molecule has 0 spiro atoms. The van der Waals surface area contributed by atoms with Gasteiger partial charge in [0.25, 0.3) is 0 Å². The third-order valence-electron chi connectivity index (χ3n) is 4.00. The predicted octanol–water partition coefficient (Wildman–Crippen LogP) is 2.99. The van der Waals surface area contributed by atoms with Crippen molar-refractivity contribution < 1.29 is 4.74 Å². The normalized spacial score (nSPS) is 16.0. The first-order valence-corrected chi connectivity index (χ1v) is 7.65. The van der Waals surface area contributed by atoms with Crippen LogP contribution in [0.2, 0.25) is 0 Å². The van der Waals surface area contributed by atoms with Crippen LogP contribution in [0.3, 0.4) is 0 Å². The van der Waals surface area contributed by atoms with E-state index in [1.54, 1.807) is 6.20 Å². The summed E-state index contributed by atoms with van der Waals surface area (Å²) in [7, 11) is 0. The Bertz CT molecular complexity index is 763. The molecular formula is C17H18N4O. The second-order valence-electron chi connectivity index (χ2n) is 5.52. The van der Waals surface area contributed by atoms with Crippen molar-refractivity contribution in [3.63, 3.8) is 0 Å². The molecule has 0 atom stereocenters. The van der Waals surface area contributed by atoms with E-state index in [0.29, 0.717) is 6.04 Å². The molecule has 0 amide bonds. The van der Waals surface area contributed by atoms with Crippen LogP contribution in [0.1, 0.15) is 12.8 Å². The van der Waals surface area contributed by atoms with Crippen molar-refractivity contribution in [3.8, 4) is 11.3 Å². The Balaban J connectivity index is 1.74. The number of nitrogens with one attached hydrogen (secondary N) is 1.